The van der Waals surface area contributed by atoms with Crippen LogP contribution in [0.15, 0.2) is 109 Å². The summed E-state index contributed by atoms with van der Waals surface area (Å²) in [7, 11) is 6.01. The van der Waals surface area contributed by atoms with Crippen molar-refractivity contribution in [3.05, 3.63) is 176 Å². The molecular weight excluding hydrogens is 1490 g/mol. The van der Waals surface area contributed by atoms with E-state index in [-0.39, 0.29) is 34.8 Å². The van der Waals surface area contributed by atoms with Crippen LogP contribution in [0.1, 0.15) is 286 Å². The Labute approximate surface area is 749 Å². The highest BCUT2D eigenvalue weighted by Crippen LogP contribution is 2.63. The molecule has 7 unspecified atom stereocenters. The van der Waals surface area contributed by atoms with Gasteiger partial charge in [0.2, 0.25) is 0 Å². The molecule has 0 spiro atoms. The lowest BCUT2D eigenvalue weighted by Gasteiger charge is -2.58. The van der Waals surface area contributed by atoms with Crippen molar-refractivity contribution in [3.8, 4) is 34.5 Å². The van der Waals surface area contributed by atoms with E-state index >= 15 is 0 Å². The second-order valence-corrected chi connectivity index (χ2v) is 41.4. The zero-order valence-corrected chi connectivity index (χ0v) is 74.2. The molecule has 0 amide bonds. The third kappa shape index (κ3) is 14.6. The fourth-order valence-corrected chi connectivity index (χ4v) is 31.3. The van der Waals surface area contributed by atoms with Crippen molar-refractivity contribution in [1.29, 1.82) is 0 Å². The van der Waals surface area contributed by atoms with Crippen LogP contribution >= 0.6 is 0 Å². The fraction of sp³-hybridized carbons (Fsp3) is 0.670. The van der Waals surface area contributed by atoms with Crippen LogP contribution in [0.25, 0.3) is 0 Å². The van der Waals surface area contributed by atoms with Crippen LogP contribution in [0.5, 0.6) is 34.5 Å². The quantitative estimate of drug-likeness (QED) is 0.153. The maximum atomic E-state index is 7.95. The molecule has 6 saturated heterocycles. The summed E-state index contributed by atoms with van der Waals surface area (Å²) < 4.78 is 139. The molecule has 12 nitrogen and oxygen atoms in total. The van der Waals surface area contributed by atoms with E-state index in [0.29, 0.717) is 83.7 Å². The van der Waals surface area contributed by atoms with E-state index in [1.54, 1.807) is 37.2 Å². The molecule has 6 heterocycles. The standard InChI is InChI=1S/C19H27NO.5C18H25NO/c1-3-21-15-8-7-14-12-18-16-6-4-5-9-19(16,17(14)13-15)10-11-20(18)2;5*1-19-10-9-18-8-4-3-5-15(18)17(19)11-13-6-7-14(20-2)12-16(13)18/h7-8,13,16,18H,3-6,9-12H2,1-2H3;5*6-7,12,15,17H,3-5,8-11H2,1-2H3/t16?,18-,19-;5*15?,17-,18-/m000000/s1/i3D;1D3,2D;2*2D3;1D2;1D/t3?,16?,18-,19-;5m. The van der Waals surface area contributed by atoms with Gasteiger partial charge >= 0.3 is 0 Å². The number of nitrogens with zero attached hydrogens (tertiary/aromatic N) is 6. The summed E-state index contributed by atoms with van der Waals surface area (Å²) >= 11 is 0. The van der Waals surface area contributed by atoms with Gasteiger partial charge in [-0.05, 0) is 417 Å². The van der Waals surface area contributed by atoms with Crippen molar-refractivity contribution in [2.24, 2.45) is 35.5 Å². The first-order chi connectivity index (χ1) is 64.8. The molecule has 12 heteroatoms. The molecule has 0 radical (unpaired) electrons. The first-order valence-electron chi connectivity index (χ1n) is 55.7. The summed E-state index contributed by atoms with van der Waals surface area (Å²) in [6.07, 6.45) is 44.3. The number of benzene rings is 6. The minimum atomic E-state index is -2.37. The summed E-state index contributed by atoms with van der Waals surface area (Å²) in [5.74, 6) is 8.69. The van der Waals surface area contributed by atoms with Gasteiger partial charge in [-0.15, -0.1) is 0 Å². The van der Waals surface area contributed by atoms with E-state index in [1.807, 2.05) is 30.3 Å². The number of piperidine rings is 6. The lowest BCUT2D eigenvalue weighted by atomic mass is 9.52. The van der Waals surface area contributed by atoms with E-state index in [1.165, 1.54) is 236 Å². The smallest absolute Gasteiger partial charge is 0.119 e. The Kier molecular flexibility index (Phi) is 19.7. The average Bonchev–Trinajstić information content (AvgIpc) is 0.794. The van der Waals surface area contributed by atoms with Crippen LogP contribution in [0, 0.1) is 35.5 Å². The van der Waals surface area contributed by atoms with Crippen LogP contribution in [0.2, 0.25) is 0 Å². The largest absolute Gasteiger partial charge is 0.497 e. The van der Waals surface area contributed by atoms with Gasteiger partial charge in [0.05, 0.1) is 52.9 Å². The topological polar surface area (TPSA) is 74.8 Å². The SMILES string of the molecule is [2H]C(C)Oc1ccc2c(c1)[C@]13CCCCC1[C@H](C2)N(C)CC3.[2H]C([2H])([2H])Oc1ccc2c(c1)[C@]13CCCCC1[C@H](C2)N(C)CC3.[2H]C([2H])([2H])Oc1ccc2c(c1)[C@]13CCCCC1[C@H](C2)N(C)CC3.[2H]C([2H])N1CC[C@@]23CCCCC2[C@@H]1Cc1ccc(OC)cc13.[2H]CN1CC[C@@]23CCCCC2[C@@H]1Cc1ccc(OC)cc13.[2H]COc1ccc2c(c1)[C@]13CCCCC1[C@H](C2)N(C([2H])([2H])[2H])CC3. The molecule has 24 rings (SSSR count). The third-order valence-corrected chi connectivity index (χ3v) is 37.0. The molecule has 6 aromatic rings. The van der Waals surface area contributed by atoms with Gasteiger partial charge in [0.1, 0.15) is 34.5 Å². The van der Waals surface area contributed by atoms with Crippen LogP contribution in [0.4, 0.5) is 0 Å². The lowest BCUT2D eigenvalue weighted by molar-refractivity contribution is 0.00270. The first kappa shape index (κ1) is 69.1. The van der Waals surface area contributed by atoms with Crippen LogP contribution < -0.4 is 28.4 Å². The van der Waals surface area contributed by atoms with E-state index in [9.17, 15) is 0 Å². The van der Waals surface area contributed by atoms with E-state index in [4.69, 9.17) is 47.6 Å². The number of methoxy groups -OCH3 is 5. The van der Waals surface area contributed by atoms with Gasteiger partial charge in [-0.1, -0.05) is 113 Å². The highest BCUT2D eigenvalue weighted by Gasteiger charge is 2.60. The number of ether oxygens (including phenoxy) is 6. The van der Waals surface area contributed by atoms with Crippen molar-refractivity contribution in [1.82, 2.24) is 29.4 Å². The van der Waals surface area contributed by atoms with E-state index < -0.39 is 34.6 Å². The molecule has 6 aliphatic heterocycles. The van der Waals surface area contributed by atoms with Crippen molar-refractivity contribution < 1.29 is 47.6 Å². The molecule has 19 atom stereocenters. The van der Waals surface area contributed by atoms with Gasteiger partial charge in [-0.2, -0.15) is 0 Å². The average molecular weight is 1660 g/mol. The Balaban J connectivity index is 0.000000104. The van der Waals surface area contributed by atoms with Crippen molar-refractivity contribution in [2.75, 3.05) is 123 Å². The molecule has 12 bridgehead atoms. The second-order valence-electron chi connectivity index (χ2n) is 41.4. The van der Waals surface area contributed by atoms with Crippen LogP contribution in [-0.2, 0) is 71.0 Å². The molecule has 18 aliphatic rings. The van der Waals surface area contributed by atoms with Gasteiger partial charge in [-0.3, -0.25) is 0 Å². The van der Waals surface area contributed by atoms with Crippen molar-refractivity contribution in [3.63, 3.8) is 0 Å². The summed E-state index contributed by atoms with van der Waals surface area (Å²) in [5, 5.41) is 0. The Morgan fingerprint density at radius 1 is 0.306 bits per heavy atom. The lowest BCUT2D eigenvalue weighted by Crippen LogP contribution is -2.59. The van der Waals surface area contributed by atoms with Crippen molar-refractivity contribution >= 4 is 0 Å². The first-order valence-corrected chi connectivity index (χ1v) is 48.1. The highest BCUT2D eigenvalue weighted by molar-refractivity contribution is 5.52. The number of likely N-dealkylation sites (N-methyl/N-ethyl adjacent to an activating group) is 6. The molecule has 0 N–H and O–H groups in total. The van der Waals surface area contributed by atoms with Crippen LogP contribution in [0.3, 0.4) is 0 Å². The number of hydrogen-bond donors (Lipinski definition) is 0. The van der Waals surface area contributed by atoms with Crippen LogP contribution in [-0.4, -0.2) is 189 Å². The van der Waals surface area contributed by atoms with Gasteiger partial charge in [0.25, 0.3) is 0 Å². The maximum Gasteiger partial charge on any atom is 0.119 e. The van der Waals surface area contributed by atoms with Gasteiger partial charge in [0, 0.05) is 77.0 Å². The molecule has 654 valence electrons. The van der Waals surface area contributed by atoms with E-state index in [2.05, 4.69) is 125 Å². The molecular formula is C109H152N6O6. The number of rotatable bonds is 7. The molecule has 0 aromatic heterocycles. The summed E-state index contributed by atoms with van der Waals surface area (Å²) in [5.41, 5.74) is 19.0. The zero-order valence-electron chi connectivity index (χ0n) is 88.2. The molecule has 121 heavy (non-hydrogen) atoms. The van der Waals surface area contributed by atoms with Gasteiger partial charge in [0.15, 0.2) is 0 Å². The second kappa shape index (κ2) is 34.6. The molecule has 6 aromatic carbocycles. The summed E-state index contributed by atoms with van der Waals surface area (Å²) in [6, 6.07) is 41.2. The van der Waals surface area contributed by atoms with Gasteiger partial charge in [-0.25, -0.2) is 0 Å². The molecule has 12 aliphatic carbocycles. The zero-order chi connectivity index (χ0) is 94.5. The molecule has 12 fully saturated rings. The Morgan fingerprint density at radius 3 is 0.843 bits per heavy atom. The highest BCUT2D eigenvalue weighted by atomic mass is 16.5. The van der Waals surface area contributed by atoms with Gasteiger partial charge < -0.3 is 57.8 Å². The number of likely N-dealkylation sites (tertiary alicyclic amines) is 6. The third-order valence-electron chi connectivity index (χ3n) is 37.0. The summed E-state index contributed by atoms with van der Waals surface area (Å²) in [4.78, 5) is 14.0. The van der Waals surface area contributed by atoms with E-state index in [0.717, 1.165) is 125 Å². The molecule has 6 saturated carbocycles. The minimum absolute atomic E-state index is 0.0648. The number of fused-ring (bicyclic) bond motifs is 6. The maximum absolute atomic E-state index is 7.95. The Morgan fingerprint density at radius 2 is 0.562 bits per heavy atom. The predicted molar refractivity (Wildman–Crippen MR) is 493 cm³/mol. The number of hydrogen-bond acceptors (Lipinski definition) is 12. The Bertz CT molecular complexity index is 5070. The minimum Gasteiger partial charge on any atom is -0.497 e. The summed E-state index contributed by atoms with van der Waals surface area (Å²) in [6.45, 7) is 4.62. The predicted octanol–water partition coefficient (Wildman–Crippen LogP) is 20.7. The Hall–Kier alpha value is -6.12. The van der Waals surface area contributed by atoms with Crippen molar-refractivity contribution in [2.45, 2.75) is 307 Å². The fourth-order valence-electron chi connectivity index (χ4n) is 31.3. The normalized spacial score (nSPS) is 38.2. The monoisotopic (exact) mass is 1660 g/mol.